The molecule has 0 saturated carbocycles. The zero-order valence-electron chi connectivity index (χ0n) is 19.0. The van der Waals surface area contributed by atoms with Crippen LogP contribution >= 0.6 is 0 Å². The molecule has 0 aromatic heterocycles. The smallest absolute Gasteiger partial charge is 0.383 e. The molecule has 0 atom stereocenters. The number of rotatable bonds is 9. The number of amides is 2. The average Bonchev–Trinajstić information content (AvgIpc) is 2.81. The van der Waals surface area contributed by atoms with Gasteiger partial charge >= 0.3 is 22.3 Å². The summed E-state index contributed by atoms with van der Waals surface area (Å²) in [7, 11) is -2.78. The number of carbonyl (C=O) groups excluding carboxylic acids is 1. The Morgan fingerprint density at radius 2 is 1.67 bits per heavy atom. The Labute approximate surface area is 205 Å². The molecule has 0 aliphatic rings. The summed E-state index contributed by atoms with van der Waals surface area (Å²) in [5, 5.41) is 2.54. The predicted molar refractivity (Wildman–Crippen MR) is 123 cm³/mol. The van der Waals surface area contributed by atoms with Crippen molar-refractivity contribution < 1.29 is 39.7 Å². The third kappa shape index (κ3) is 7.43. The fourth-order valence-electron chi connectivity index (χ4n) is 3.09. The number of anilines is 1. The molecule has 0 heterocycles. The van der Waals surface area contributed by atoms with E-state index in [1.54, 1.807) is 6.07 Å². The predicted octanol–water partition coefficient (Wildman–Crippen LogP) is 5.29. The van der Waals surface area contributed by atoms with Gasteiger partial charge in [-0.15, -0.1) is 0 Å². The van der Waals surface area contributed by atoms with Gasteiger partial charge < -0.3 is 19.1 Å². The summed E-state index contributed by atoms with van der Waals surface area (Å²) in [5.41, 5.74) is -0.164. The largest absolute Gasteiger partial charge is 0.416 e. The molecule has 0 unspecified atom stereocenters. The van der Waals surface area contributed by atoms with Gasteiger partial charge in [0.1, 0.15) is 16.5 Å². The van der Waals surface area contributed by atoms with Crippen molar-refractivity contribution in [1.82, 2.24) is 4.90 Å². The van der Waals surface area contributed by atoms with Crippen molar-refractivity contribution in [2.45, 2.75) is 17.6 Å². The van der Waals surface area contributed by atoms with Gasteiger partial charge in [0.05, 0.1) is 12.2 Å². The summed E-state index contributed by atoms with van der Waals surface area (Å²) in [6.07, 6.45) is -4.50. The van der Waals surface area contributed by atoms with Crippen molar-refractivity contribution in [2.75, 3.05) is 25.6 Å². The summed E-state index contributed by atoms with van der Waals surface area (Å²) in [4.78, 5) is 13.9. The Hall–Kier alpha value is -3.64. The van der Waals surface area contributed by atoms with Crippen LogP contribution in [0.3, 0.4) is 0 Å². The molecule has 0 aliphatic carbocycles. The van der Waals surface area contributed by atoms with Gasteiger partial charge in [0, 0.05) is 25.9 Å². The number of halogens is 4. The van der Waals surface area contributed by atoms with Crippen molar-refractivity contribution in [3.05, 3.63) is 89.7 Å². The Morgan fingerprint density at radius 3 is 2.28 bits per heavy atom. The highest BCUT2D eigenvalue weighted by atomic mass is 32.2. The van der Waals surface area contributed by atoms with E-state index >= 15 is 0 Å². The van der Waals surface area contributed by atoms with Crippen LogP contribution in [0.4, 0.5) is 28.0 Å². The molecule has 192 valence electrons. The highest BCUT2D eigenvalue weighted by Crippen LogP contribution is 2.30. The SMILES string of the molecule is COCCN(Cc1cccc(OS(=O)(=O)c2ccc(F)cc2)c1)C(=O)Nc1ccc(C(F)(F)F)cc1. The molecule has 0 fully saturated rings. The van der Waals surface area contributed by atoms with Crippen LogP contribution in [-0.4, -0.2) is 39.6 Å². The van der Waals surface area contributed by atoms with Crippen molar-refractivity contribution in [2.24, 2.45) is 0 Å². The van der Waals surface area contributed by atoms with Gasteiger partial charge in [0.2, 0.25) is 0 Å². The molecule has 3 rings (SSSR count). The fourth-order valence-corrected chi connectivity index (χ4v) is 4.01. The first-order valence-electron chi connectivity index (χ1n) is 10.5. The molecule has 2 amide bonds. The van der Waals surface area contributed by atoms with Crippen LogP contribution in [0.1, 0.15) is 11.1 Å². The molecular formula is C24H22F4N2O5S. The number of urea groups is 1. The third-order valence-corrected chi connectivity index (χ3v) is 6.16. The molecule has 0 radical (unpaired) electrons. The third-order valence-electron chi connectivity index (χ3n) is 4.90. The standard InChI is InChI=1S/C24H22F4N2O5S/c1-34-14-13-30(23(31)29-20-9-5-18(6-10-20)24(26,27)28)16-17-3-2-4-21(15-17)35-36(32,33)22-11-7-19(25)8-12-22/h2-12,15H,13-14,16H2,1H3,(H,29,31). The summed E-state index contributed by atoms with van der Waals surface area (Å²) in [5.74, 6) is -0.617. The second kappa shape index (κ2) is 11.4. The average molecular weight is 527 g/mol. The minimum Gasteiger partial charge on any atom is -0.383 e. The van der Waals surface area contributed by atoms with E-state index in [1.807, 2.05) is 0 Å². The zero-order chi connectivity index (χ0) is 26.3. The van der Waals surface area contributed by atoms with Gasteiger partial charge in [-0.3, -0.25) is 0 Å². The lowest BCUT2D eigenvalue weighted by Gasteiger charge is -2.23. The van der Waals surface area contributed by atoms with E-state index in [2.05, 4.69) is 5.32 Å². The van der Waals surface area contributed by atoms with E-state index in [0.29, 0.717) is 5.56 Å². The van der Waals surface area contributed by atoms with Crippen LogP contribution in [0.5, 0.6) is 5.75 Å². The van der Waals surface area contributed by atoms with Gasteiger partial charge in [-0.05, 0) is 66.2 Å². The van der Waals surface area contributed by atoms with E-state index in [4.69, 9.17) is 8.92 Å². The maximum Gasteiger partial charge on any atom is 0.416 e. The van der Waals surface area contributed by atoms with Gasteiger partial charge in [-0.1, -0.05) is 12.1 Å². The van der Waals surface area contributed by atoms with Crippen LogP contribution in [-0.2, 0) is 27.6 Å². The number of benzene rings is 3. The fraction of sp³-hybridized carbons (Fsp3) is 0.208. The maximum absolute atomic E-state index is 13.1. The van der Waals surface area contributed by atoms with E-state index in [-0.39, 0.29) is 36.0 Å². The van der Waals surface area contributed by atoms with Crippen LogP contribution < -0.4 is 9.50 Å². The van der Waals surface area contributed by atoms with E-state index < -0.39 is 33.7 Å². The summed E-state index contributed by atoms with van der Waals surface area (Å²) >= 11 is 0. The van der Waals surface area contributed by atoms with Crippen molar-refractivity contribution in [3.63, 3.8) is 0 Å². The molecule has 0 aliphatic heterocycles. The molecule has 3 aromatic carbocycles. The Kier molecular flexibility index (Phi) is 8.53. The first kappa shape index (κ1) is 27.0. The van der Waals surface area contributed by atoms with Crippen LogP contribution in [0.25, 0.3) is 0 Å². The first-order valence-corrected chi connectivity index (χ1v) is 11.9. The van der Waals surface area contributed by atoms with Gasteiger partial charge in [0.15, 0.2) is 0 Å². The van der Waals surface area contributed by atoms with E-state index in [1.165, 1.54) is 30.2 Å². The summed E-state index contributed by atoms with van der Waals surface area (Å²) < 4.78 is 86.5. The number of carbonyl (C=O) groups is 1. The van der Waals surface area contributed by atoms with Gasteiger partial charge in [-0.2, -0.15) is 21.6 Å². The van der Waals surface area contributed by atoms with Crippen molar-refractivity contribution in [1.29, 1.82) is 0 Å². The quantitative estimate of drug-likeness (QED) is 0.303. The number of hydrogen-bond acceptors (Lipinski definition) is 5. The lowest BCUT2D eigenvalue weighted by atomic mass is 10.2. The molecule has 7 nitrogen and oxygen atoms in total. The molecule has 0 saturated heterocycles. The van der Waals surface area contributed by atoms with E-state index in [9.17, 15) is 30.8 Å². The van der Waals surface area contributed by atoms with Gasteiger partial charge in [0.25, 0.3) is 0 Å². The molecule has 0 bridgehead atoms. The maximum atomic E-state index is 13.1. The molecule has 12 heteroatoms. The Morgan fingerprint density at radius 1 is 1.00 bits per heavy atom. The normalized spacial score (nSPS) is 11.7. The topological polar surface area (TPSA) is 84.9 Å². The van der Waals surface area contributed by atoms with Crippen LogP contribution in [0.15, 0.2) is 77.7 Å². The highest BCUT2D eigenvalue weighted by Gasteiger charge is 2.30. The number of nitrogens with one attached hydrogen (secondary N) is 1. The molecule has 0 spiro atoms. The minimum absolute atomic E-state index is 0.0175. The Balaban J connectivity index is 1.73. The van der Waals surface area contributed by atoms with Crippen molar-refractivity contribution >= 4 is 21.8 Å². The highest BCUT2D eigenvalue weighted by molar-refractivity contribution is 7.87. The van der Waals surface area contributed by atoms with Gasteiger partial charge in [-0.25, -0.2) is 9.18 Å². The Bertz CT molecular complexity index is 1280. The van der Waals surface area contributed by atoms with Crippen LogP contribution in [0, 0.1) is 5.82 Å². The number of nitrogens with zero attached hydrogens (tertiary/aromatic N) is 1. The second-order valence-corrected chi connectivity index (χ2v) is 9.10. The number of hydrogen-bond donors (Lipinski definition) is 1. The second-order valence-electron chi connectivity index (χ2n) is 7.56. The first-order chi connectivity index (χ1) is 17.0. The number of ether oxygens (including phenoxy) is 1. The lowest BCUT2D eigenvalue weighted by Crippen LogP contribution is -2.36. The lowest BCUT2D eigenvalue weighted by molar-refractivity contribution is -0.137. The molecule has 36 heavy (non-hydrogen) atoms. The number of methoxy groups -OCH3 is 1. The van der Waals surface area contributed by atoms with E-state index in [0.717, 1.165) is 48.5 Å². The van der Waals surface area contributed by atoms with Crippen molar-refractivity contribution in [3.8, 4) is 5.75 Å². The molecule has 1 N–H and O–H groups in total. The summed E-state index contributed by atoms with van der Waals surface area (Å²) in [6.45, 7) is 0.334. The molecule has 3 aromatic rings. The molecular weight excluding hydrogens is 504 g/mol. The minimum atomic E-state index is -4.50. The van der Waals surface area contributed by atoms with Crippen LogP contribution in [0.2, 0.25) is 0 Å². The monoisotopic (exact) mass is 526 g/mol. The summed E-state index contributed by atoms with van der Waals surface area (Å²) in [6, 6.07) is 13.6. The number of alkyl halides is 3. The zero-order valence-corrected chi connectivity index (χ0v) is 19.8.